The second kappa shape index (κ2) is 5.55. The summed E-state index contributed by atoms with van der Waals surface area (Å²) in [6, 6.07) is 12.0. The standard InChI is InChI=1S/C15H14Br2O/c1-9-3-4-10(2)13(7-9)15(18)12-6-5-11(16)8-14(12)17/h3-8,15,18H,1-2H3. The molecule has 0 heterocycles. The van der Waals surface area contributed by atoms with E-state index >= 15 is 0 Å². The molecule has 0 saturated heterocycles. The van der Waals surface area contributed by atoms with Gasteiger partial charge in [0.2, 0.25) is 0 Å². The third-order valence-electron chi connectivity index (χ3n) is 2.99. The number of hydrogen-bond acceptors (Lipinski definition) is 1. The largest absolute Gasteiger partial charge is 0.384 e. The maximum absolute atomic E-state index is 10.5. The van der Waals surface area contributed by atoms with Crippen LogP contribution >= 0.6 is 31.9 Å². The Bertz CT molecular complexity index is 579. The predicted octanol–water partition coefficient (Wildman–Crippen LogP) is 4.91. The molecule has 1 nitrogen and oxygen atoms in total. The first-order valence-corrected chi connectivity index (χ1v) is 7.28. The Hall–Kier alpha value is -0.640. The van der Waals surface area contributed by atoms with Crippen LogP contribution in [0, 0.1) is 13.8 Å². The molecular formula is C15H14Br2O. The number of aliphatic hydroxyl groups excluding tert-OH is 1. The van der Waals surface area contributed by atoms with E-state index < -0.39 is 6.10 Å². The van der Waals surface area contributed by atoms with Crippen molar-refractivity contribution in [3.05, 3.63) is 67.6 Å². The fraction of sp³-hybridized carbons (Fsp3) is 0.200. The predicted molar refractivity (Wildman–Crippen MR) is 81.8 cm³/mol. The van der Waals surface area contributed by atoms with Gasteiger partial charge in [-0.1, -0.05) is 61.7 Å². The van der Waals surface area contributed by atoms with Gasteiger partial charge in [0.1, 0.15) is 6.10 Å². The lowest BCUT2D eigenvalue weighted by atomic mass is 9.96. The lowest BCUT2D eigenvalue weighted by Crippen LogP contribution is -2.03. The second-order valence-electron chi connectivity index (χ2n) is 4.43. The molecule has 1 atom stereocenters. The number of halogens is 2. The van der Waals surface area contributed by atoms with Gasteiger partial charge in [-0.05, 0) is 42.7 Å². The zero-order valence-electron chi connectivity index (χ0n) is 10.2. The minimum atomic E-state index is -0.604. The molecule has 0 spiro atoms. The summed E-state index contributed by atoms with van der Waals surface area (Å²) in [6.45, 7) is 4.05. The van der Waals surface area contributed by atoms with Crippen LogP contribution in [0.25, 0.3) is 0 Å². The molecule has 0 saturated carbocycles. The summed E-state index contributed by atoms with van der Waals surface area (Å²) in [6.07, 6.45) is -0.604. The normalized spacial score (nSPS) is 12.5. The molecule has 94 valence electrons. The van der Waals surface area contributed by atoms with Crippen molar-refractivity contribution in [3.63, 3.8) is 0 Å². The minimum Gasteiger partial charge on any atom is -0.384 e. The van der Waals surface area contributed by atoms with E-state index in [9.17, 15) is 5.11 Å². The third-order valence-corrected chi connectivity index (χ3v) is 4.17. The molecule has 0 aliphatic carbocycles. The molecule has 2 aromatic rings. The molecule has 0 aromatic heterocycles. The molecule has 3 heteroatoms. The Morgan fingerprint density at radius 3 is 2.33 bits per heavy atom. The molecular weight excluding hydrogens is 356 g/mol. The van der Waals surface area contributed by atoms with Crippen LogP contribution in [0.3, 0.4) is 0 Å². The van der Waals surface area contributed by atoms with Crippen LogP contribution in [0.5, 0.6) is 0 Å². The smallest absolute Gasteiger partial charge is 0.105 e. The number of hydrogen-bond donors (Lipinski definition) is 1. The van der Waals surface area contributed by atoms with Crippen molar-refractivity contribution in [1.29, 1.82) is 0 Å². The summed E-state index contributed by atoms with van der Waals surface area (Å²) in [5.74, 6) is 0. The quantitative estimate of drug-likeness (QED) is 0.797. The molecule has 0 aliphatic heterocycles. The van der Waals surface area contributed by atoms with E-state index in [4.69, 9.17) is 0 Å². The van der Waals surface area contributed by atoms with Crippen LogP contribution in [0.2, 0.25) is 0 Å². The van der Waals surface area contributed by atoms with E-state index in [1.165, 1.54) is 0 Å². The summed E-state index contributed by atoms with van der Waals surface area (Å²) in [5.41, 5.74) is 4.09. The van der Waals surface area contributed by atoms with Gasteiger partial charge in [-0.3, -0.25) is 0 Å². The highest BCUT2D eigenvalue weighted by Crippen LogP contribution is 2.32. The molecule has 0 fully saturated rings. The number of aliphatic hydroxyl groups is 1. The molecule has 1 unspecified atom stereocenters. The maximum Gasteiger partial charge on any atom is 0.105 e. The van der Waals surface area contributed by atoms with Crippen LogP contribution in [-0.4, -0.2) is 5.11 Å². The summed E-state index contributed by atoms with van der Waals surface area (Å²) in [4.78, 5) is 0. The number of benzene rings is 2. The zero-order chi connectivity index (χ0) is 13.3. The highest BCUT2D eigenvalue weighted by molar-refractivity contribution is 9.11. The minimum absolute atomic E-state index is 0.604. The SMILES string of the molecule is Cc1ccc(C)c(C(O)c2ccc(Br)cc2Br)c1. The Labute approximate surface area is 124 Å². The molecule has 0 amide bonds. The van der Waals surface area contributed by atoms with Gasteiger partial charge in [-0.2, -0.15) is 0 Å². The lowest BCUT2D eigenvalue weighted by molar-refractivity contribution is 0.218. The van der Waals surface area contributed by atoms with E-state index in [1.54, 1.807) is 0 Å². The van der Waals surface area contributed by atoms with E-state index in [0.29, 0.717) is 0 Å². The van der Waals surface area contributed by atoms with E-state index in [0.717, 1.165) is 31.2 Å². The number of rotatable bonds is 2. The van der Waals surface area contributed by atoms with Crippen molar-refractivity contribution >= 4 is 31.9 Å². The average molecular weight is 370 g/mol. The zero-order valence-corrected chi connectivity index (χ0v) is 13.4. The van der Waals surface area contributed by atoms with Gasteiger partial charge in [0, 0.05) is 8.95 Å². The van der Waals surface area contributed by atoms with Gasteiger partial charge in [0.15, 0.2) is 0 Å². The van der Waals surface area contributed by atoms with Gasteiger partial charge < -0.3 is 5.11 Å². The van der Waals surface area contributed by atoms with Crippen molar-refractivity contribution in [3.8, 4) is 0 Å². The molecule has 2 rings (SSSR count). The van der Waals surface area contributed by atoms with Crippen LogP contribution in [-0.2, 0) is 0 Å². The summed E-state index contributed by atoms with van der Waals surface area (Å²) in [7, 11) is 0. The van der Waals surface area contributed by atoms with E-state index in [2.05, 4.69) is 37.9 Å². The molecule has 0 aliphatic rings. The topological polar surface area (TPSA) is 20.2 Å². The Morgan fingerprint density at radius 1 is 0.944 bits per heavy atom. The van der Waals surface area contributed by atoms with Crippen molar-refractivity contribution in [1.82, 2.24) is 0 Å². The Balaban J connectivity index is 2.47. The summed E-state index contributed by atoms with van der Waals surface area (Å²) in [5, 5.41) is 10.5. The Kier molecular flexibility index (Phi) is 4.25. The van der Waals surface area contributed by atoms with Crippen molar-refractivity contribution in [2.75, 3.05) is 0 Å². The highest BCUT2D eigenvalue weighted by atomic mass is 79.9. The van der Waals surface area contributed by atoms with Gasteiger partial charge >= 0.3 is 0 Å². The van der Waals surface area contributed by atoms with Gasteiger partial charge in [-0.15, -0.1) is 0 Å². The average Bonchev–Trinajstić information content (AvgIpc) is 2.31. The maximum atomic E-state index is 10.5. The molecule has 0 bridgehead atoms. The lowest BCUT2D eigenvalue weighted by Gasteiger charge is -2.16. The van der Waals surface area contributed by atoms with Crippen molar-refractivity contribution < 1.29 is 5.11 Å². The van der Waals surface area contributed by atoms with E-state index in [-0.39, 0.29) is 0 Å². The fourth-order valence-electron chi connectivity index (χ4n) is 1.95. The molecule has 18 heavy (non-hydrogen) atoms. The van der Waals surface area contributed by atoms with Gasteiger partial charge in [0.05, 0.1) is 0 Å². The van der Waals surface area contributed by atoms with Crippen molar-refractivity contribution in [2.45, 2.75) is 20.0 Å². The number of aryl methyl sites for hydroxylation is 2. The summed E-state index contributed by atoms with van der Waals surface area (Å²) >= 11 is 6.91. The monoisotopic (exact) mass is 368 g/mol. The van der Waals surface area contributed by atoms with Crippen LogP contribution in [0.1, 0.15) is 28.4 Å². The Morgan fingerprint density at radius 2 is 1.67 bits per heavy atom. The van der Waals surface area contributed by atoms with Gasteiger partial charge in [0.25, 0.3) is 0 Å². The van der Waals surface area contributed by atoms with E-state index in [1.807, 2.05) is 44.2 Å². The van der Waals surface area contributed by atoms with Gasteiger partial charge in [-0.25, -0.2) is 0 Å². The van der Waals surface area contributed by atoms with Crippen molar-refractivity contribution in [2.24, 2.45) is 0 Å². The van der Waals surface area contributed by atoms with Crippen LogP contribution < -0.4 is 0 Å². The first-order valence-electron chi connectivity index (χ1n) is 5.69. The third kappa shape index (κ3) is 2.85. The first-order chi connectivity index (χ1) is 8.49. The molecule has 1 N–H and O–H groups in total. The van der Waals surface area contributed by atoms with Crippen LogP contribution in [0.15, 0.2) is 45.3 Å². The summed E-state index contributed by atoms with van der Waals surface area (Å²) < 4.78 is 1.90. The molecule has 0 radical (unpaired) electrons. The highest BCUT2D eigenvalue weighted by Gasteiger charge is 2.15. The van der Waals surface area contributed by atoms with Crippen LogP contribution in [0.4, 0.5) is 0 Å². The molecule has 2 aromatic carbocycles. The fourth-order valence-corrected chi connectivity index (χ4v) is 3.21. The second-order valence-corrected chi connectivity index (χ2v) is 6.20. The first kappa shape index (κ1) is 13.8.